The van der Waals surface area contributed by atoms with Gasteiger partial charge in [0.2, 0.25) is 0 Å². The van der Waals surface area contributed by atoms with E-state index in [9.17, 15) is 0 Å². The molecule has 4 nitrogen and oxygen atoms in total. The van der Waals surface area contributed by atoms with Gasteiger partial charge in [0, 0.05) is 13.1 Å². The van der Waals surface area contributed by atoms with Gasteiger partial charge in [0.25, 0.3) is 6.47 Å². The van der Waals surface area contributed by atoms with Crippen molar-refractivity contribution >= 4 is 6.47 Å². The zero-order chi connectivity index (χ0) is 9.66. The van der Waals surface area contributed by atoms with Crippen molar-refractivity contribution in [3.8, 4) is 12.8 Å². The molecule has 1 rings (SSSR count). The number of carbonyl (C=O) groups is 1. The van der Waals surface area contributed by atoms with Crippen LogP contribution < -0.4 is 5.32 Å². The van der Waals surface area contributed by atoms with Crippen LogP contribution in [0.3, 0.4) is 0 Å². The second kappa shape index (κ2) is 16.5. The van der Waals surface area contributed by atoms with Gasteiger partial charge in [-0.05, 0) is 0 Å². The third-order valence-corrected chi connectivity index (χ3v) is 0.943. The molecular weight excluding hydrogens is 158 g/mol. The number of methoxy groups -OCH3 is 1. The monoisotopic (exact) mass is 173 g/mol. The van der Waals surface area contributed by atoms with Crippen LogP contribution in [0.25, 0.3) is 0 Å². The number of hydrogen-bond donors (Lipinski definition) is 1. The molecule has 0 radical (unpaired) electrons. The minimum atomic E-state index is 0.375. The molecule has 0 aromatic rings. The minimum absolute atomic E-state index is 0.375. The Balaban J connectivity index is 0. The van der Waals surface area contributed by atoms with E-state index in [1.54, 1.807) is 0 Å². The first-order chi connectivity index (χ1) is 5.91. The van der Waals surface area contributed by atoms with Crippen molar-refractivity contribution in [2.75, 3.05) is 33.4 Å². The van der Waals surface area contributed by atoms with Crippen molar-refractivity contribution in [2.45, 2.75) is 0 Å². The molecule has 0 saturated carbocycles. The fourth-order valence-electron chi connectivity index (χ4n) is 0.516. The minimum Gasteiger partial charge on any atom is -0.471 e. The molecule has 0 aromatic heterocycles. The van der Waals surface area contributed by atoms with Crippen LogP contribution in [0.15, 0.2) is 0 Å². The van der Waals surface area contributed by atoms with Gasteiger partial charge in [0.1, 0.15) is 0 Å². The van der Waals surface area contributed by atoms with Crippen LogP contribution in [0, 0.1) is 12.8 Å². The summed E-state index contributed by atoms with van der Waals surface area (Å²) >= 11 is 0. The number of terminal acetylenes is 1. The first-order valence-electron chi connectivity index (χ1n) is 3.50. The van der Waals surface area contributed by atoms with Crippen LogP contribution in [-0.4, -0.2) is 39.9 Å². The highest BCUT2D eigenvalue weighted by Crippen LogP contribution is 1.76. The average Bonchev–Trinajstić information content (AvgIpc) is 2.24. The standard InChI is InChI=1S/C4H9NO.C2H4O2.C2H2/c1-3-6-4-2-5-1;1-4-2-3;1-2/h5H,1-4H2;2H,1H3;1-2H. The molecule has 1 heterocycles. The van der Waals surface area contributed by atoms with Crippen molar-refractivity contribution in [3.05, 3.63) is 0 Å². The molecule has 1 aliphatic heterocycles. The fourth-order valence-corrected chi connectivity index (χ4v) is 0.516. The van der Waals surface area contributed by atoms with E-state index in [1.807, 2.05) is 0 Å². The molecule has 70 valence electrons. The predicted octanol–water partition coefficient (Wildman–Crippen LogP) is -0.355. The molecule has 1 fully saturated rings. The first-order valence-corrected chi connectivity index (χ1v) is 3.50. The van der Waals surface area contributed by atoms with E-state index < -0.39 is 0 Å². The maximum atomic E-state index is 8.95. The van der Waals surface area contributed by atoms with Crippen LogP contribution in [0.4, 0.5) is 0 Å². The number of carbonyl (C=O) groups excluding carboxylic acids is 1. The van der Waals surface area contributed by atoms with E-state index in [0.717, 1.165) is 26.3 Å². The summed E-state index contributed by atoms with van der Waals surface area (Å²) in [5, 5.41) is 3.16. The lowest BCUT2D eigenvalue weighted by molar-refractivity contribution is -0.126. The Morgan fingerprint density at radius 3 is 1.92 bits per heavy atom. The molecular formula is C8H15NO3. The van der Waals surface area contributed by atoms with Gasteiger partial charge in [-0.1, -0.05) is 0 Å². The van der Waals surface area contributed by atoms with E-state index in [0.29, 0.717) is 6.47 Å². The zero-order valence-corrected chi connectivity index (χ0v) is 7.29. The first kappa shape index (κ1) is 13.5. The second-order valence-electron chi connectivity index (χ2n) is 1.69. The Kier molecular flexibility index (Phi) is 18.6. The summed E-state index contributed by atoms with van der Waals surface area (Å²) in [6.07, 6.45) is 8.00. The highest BCUT2D eigenvalue weighted by molar-refractivity contribution is 5.36. The molecule has 0 aliphatic carbocycles. The van der Waals surface area contributed by atoms with Gasteiger partial charge in [-0.15, -0.1) is 12.8 Å². The average molecular weight is 173 g/mol. The highest BCUT2D eigenvalue weighted by Gasteiger charge is 1.92. The number of hydrogen-bond acceptors (Lipinski definition) is 4. The lowest BCUT2D eigenvalue weighted by Crippen LogP contribution is -2.30. The Morgan fingerprint density at radius 2 is 1.83 bits per heavy atom. The Bertz CT molecular complexity index is 88.2. The normalized spacial score (nSPS) is 13.9. The van der Waals surface area contributed by atoms with Gasteiger partial charge in [-0.25, -0.2) is 0 Å². The van der Waals surface area contributed by atoms with Crippen LogP contribution in [-0.2, 0) is 14.3 Å². The molecule has 0 bridgehead atoms. The van der Waals surface area contributed by atoms with E-state index in [2.05, 4.69) is 22.9 Å². The SMILES string of the molecule is C#C.C1COCCN1.COC=O. The molecule has 4 heteroatoms. The topological polar surface area (TPSA) is 47.6 Å². The van der Waals surface area contributed by atoms with E-state index in [4.69, 9.17) is 9.53 Å². The molecule has 12 heavy (non-hydrogen) atoms. The summed E-state index contributed by atoms with van der Waals surface area (Å²) in [6.45, 7) is 4.21. The summed E-state index contributed by atoms with van der Waals surface area (Å²) in [4.78, 5) is 8.95. The third-order valence-electron chi connectivity index (χ3n) is 0.943. The number of nitrogens with one attached hydrogen (secondary N) is 1. The summed E-state index contributed by atoms with van der Waals surface area (Å²) < 4.78 is 8.87. The van der Waals surface area contributed by atoms with Gasteiger partial charge in [0.05, 0.1) is 20.3 Å². The summed E-state index contributed by atoms with van der Waals surface area (Å²) in [7, 11) is 1.31. The van der Waals surface area contributed by atoms with E-state index in [-0.39, 0.29) is 0 Å². The third kappa shape index (κ3) is 16.0. The molecule has 0 spiro atoms. The van der Waals surface area contributed by atoms with Crippen LogP contribution >= 0.6 is 0 Å². The molecule has 1 aliphatic rings. The van der Waals surface area contributed by atoms with Crippen molar-refractivity contribution in [3.63, 3.8) is 0 Å². The Morgan fingerprint density at radius 1 is 1.42 bits per heavy atom. The van der Waals surface area contributed by atoms with Crippen LogP contribution in [0.1, 0.15) is 0 Å². The molecule has 0 unspecified atom stereocenters. The molecule has 1 N–H and O–H groups in total. The maximum Gasteiger partial charge on any atom is 0.292 e. The van der Waals surface area contributed by atoms with Gasteiger partial charge < -0.3 is 14.8 Å². The Labute approximate surface area is 73.2 Å². The van der Waals surface area contributed by atoms with Crippen molar-refractivity contribution in [2.24, 2.45) is 0 Å². The molecule has 0 amide bonds. The maximum absolute atomic E-state index is 8.95. The fraction of sp³-hybridized carbons (Fsp3) is 0.625. The predicted molar refractivity (Wildman–Crippen MR) is 46.7 cm³/mol. The van der Waals surface area contributed by atoms with E-state index in [1.165, 1.54) is 7.11 Å². The summed E-state index contributed by atoms with van der Waals surface area (Å²) in [6, 6.07) is 0. The smallest absolute Gasteiger partial charge is 0.292 e. The number of morpholine rings is 1. The van der Waals surface area contributed by atoms with Gasteiger partial charge in [-0.3, -0.25) is 4.79 Å². The zero-order valence-electron chi connectivity index (χ0n) is 7.29. The summed E-state index contributed by atoms with van der Waals surface area (Å²) in [5.74, 6) is 0. The van der Waals surface area contributed by atoms with Gasteiger partial charge in [0.15, 0.2) is 0 Å². The lowest BCUT2D eigenvalue weighted by Gasteiger charge is -2.10. The number of rotatable bonds is 1. The van der Waals surface area contributed by atoms with Gasteiger partial charge >= 0.3 is 0 Å². The molecule has 0 aromatic carbocycles. The second-order valence-corrected chi connectivity index (χ2v) is 1.69. The Hall–Kier alpha value is -1.05. The van der Waals surface area contributed by atoms with Gasteiger partial charge in [-0.2, -0.15) is 0 Å². The van der Waals surface area contributed by atoms with Crippen molar-refractivity contribution < 1.29 is 14.3 Å². The molecule has 1 saturated heterocycles. The largest absolute Gasteiger partial charge is 0.471 e. The molecule has 0 atom stereocenters. The number of ether oxygens (including phenoxy) is 2. The van der Waals surface area contributed by atoms with Crippen molar-refractivity contribution in [1.82, 2.24) is 5.32 Å². The summed E-state index contributed by atoms with van der Waals surface area (Å²) in [5.41, 5.74) is 0. The lowest BCUT2D eigenvalue weighted by atomic mass is 10.5. The van der Waals surface area contributed by atoms with Crippen LogP contribution in [0.2, 0.25) is 0 Å². The van der Waals surface area contributed by atoms with E-state index >= 15 is 0 Å². The van der Waals surface area contributed by atoms with Crippen LogP contribution in [0.5, 0.6) is 0 Å². The van der Waals surface area contributed by atoms with Crippen molar-refractivity contribution in [1.29, 1.82) is 0 Å². The quantitative estimate of drug-likeness (QED) is 0.435. The highest BCUT2D eigenvalue weighted by atomic mass is 16.5.